The predicted molar refractivity (Wildman–Crippen MR) is 116 cm³/mol. The van der Waals surface area contributed by atoms with E-state index in [9.17, 15) is 9.50 Å². The Bertz CT molecular complexity index is 1020. The van der Waals surface area contributed by atoms with Gasteiger partial charge in [-0.15, -0.1) is 0 Å². The first-order chi connectivity index (χ1) is 14.2. The predicted octanol–water partition coefficient (Wildman–Crippen LogP) is 4.89. The number of halogens is 1. The van der Waals surface area contributed by atoms with Crippen LogP contribution in [0.15, 0.2) is 36.8 Å². The van der Waals surface area contributed by atoms with Crippen LogP contribution >= 0.6 is 0 Å². The van der Waals surface area contributed by atoms with Crippen molar-refractivity contribution in [3.05, 3.63) is 59.3 Å². The van der Waals surface area contributed by atoms with Crippen LogP contribution in [0.3, 0.4) is 0 Å². The highest BCUT2D eigenvalue weighted by molar-refractivity contribution is 5.68. The molecule has 30 heavy (non-hydrogen) atoms. The van der Waals surface area contributed by atoms with E-state index in [1.165, 1.54) is 30.5 Å². The third kappa shape index (κ3) is 4.64. The summed E-state index contributed by atoms with van der Waals surface area (Å²) in [6.45, 7) is 8.55. The number of hydrogen-bond acceptors (Lipinski definition) is 3. The third-order valence-electron chi connectivity index (χ3n) is 5.74. The Morgan fingerprint density at radius 2 is 1.97 bits per heavy atom. The standard InChI is InChI=1S/C24H31FN4O/c1-16(2)29-15-19(8-7-18-12-26-28(14-18)13-17-5-6-17)23(27-29)21-10-9-20(25)11-22(21)24(3,4)30/h9-12,14-17,30H,5-8,13H2,1-4H3. The fraction of sp³-hybridized carbons (Fsp3) is 0.500. The first-order valence-corrected chi connectivity index (χ1v) is 10.8. The number of aliphatic hydroxyl groups is 1. The van der Waals surface area contributed by atoms with E-state index in [-0.39, 0.29) is 11.9 Å². The molecule has 1 fully saturated rings. The molecule has 0 amide bonds. The summed E-state index contributed by atoms with van der Waals surface area (Å²) in [5, 5.41) is 19.9. The zero-order valence-corrected chi connectivity index (χ0v) is 18.3. The van der Waals surface area contributed by atoms with Crippen LogP contribution in [0, 0.1) is 11.7 Å². The quantitative estimate of drug-likeness (QED) is 0.575. The van der Waals surface area contributed by atoms with E-state index in [0.29, 0.717) is 5.56 Å². The minimum atomic E-state index is -1.17. The maximum absolute atomic E-state index is 13.9. The van der Waals surface area contributed by atoms with Crippen LogP contribution < -0.4 is 0 Å². The van der Waals surface area contributed by atoms with Gasteiger partial charge in [0.25, 0.3) is 0 Å². The Kier molecular flexibility index (Phi) is 5.53. The normalized spacial score (nSPS) is 14.6. The van der Waals surface area contributed by atoms with E-state index in [4.69, 9.17) is 5.10 Å². The Morgan fingerprint density at radius 3 is 2.63 bits per heavy atom. The lowest BCUT2D eigenvalue weighted by Crippen LogP contribution is -2.17. The molecular weight excluding hydrogens is 379 g/mol. The molecule has 2 aromatic heterocycles. The minimum Gasteiger partial charge on any atom is -0.386 e. The summed E-state index contributed by atoms with van der Waals surface area (Å²) >= 11 is 0. The summed E-state index contributed by atoms with van der Waals surface area (Å²) in [7, 11) is 0. The van der Waals surface area contributed by atoms with E-state index >= 15 is 0 Å². The van der Waals surface area contributed by atoms with Crippen LogP contribution in [0.4, 0.5) is 4.39 Å². The average Bonchev–Trinajstić information content (AvgIpc) is 3.20. The molecule has 6 heteroatoms. The van der Waals surface area contributed by atoms with E-state index < -0.39 is 5.60 Å². The van der Waals surface area contributed by atoms with E-state index in [0.717, 1.165) is 42.1 Å². The Balaban J connectivity index is 1.63. The van der Waals surface area contributed by atoms with Crippen LogP contribution in [0.1, 0.15) is 63.3 Å². The third-order valence-corrected chi connectivity index (χ3v) is 5.74. The van der Waals surface area contributed by atoms with Crippen molar-refractivity contribution in [2.75, 3.05) is 0 Å². The fourth-order valence-corrected chi connectivity index (χ4v) is 3.81. The molecule has 4 rings (SSSR count). The number of aryl methyl sites for hydroxylation is 2. The maximum atomic E-state index is 13.9. The van der Waals surface area contributed by atoms with Gasteiger partial charge in [-0.25, -0.2) is 4.39 Å². The summed E-state index contributed by atoms with van der Waals surface area (Å²) in [6.07, 6.45) is 10.5. The second-order valence-electron chi connectivity index (χ2n) is 9.34. The summed E-state index contributed by atoms with van der Waals surface area (Å²) in [5.41, 5.74) is 3.28. The van der Waals surface area contributed by atoms with Crippen molar-refractivity contribution in [1.29, 1.82) is 0 Å². The molecule has 5 nitrogen and oxygen atoms in total. The molecule has 1 aliphatic rings. The largest absolute Gasteiger partial charge is 0.386 e. The summed E-state index contributed by atoms with van der Waals surface area (Å²) < 4.78 is 17.9. The van der Waals surface area contributed by atoms with Gasteiger partial charge in [0, 0.05) is 30.5 Å². The lowest BCUT2D eigenvalue weighted by molar-refractivity contribution is 0.0788. The van der Waals surface area contributed by atoms with Gasteiger partial charge in [-0.1, -0.05) is 0 Å². The molecule has 0 saturated heterocycles. The van der Waals surface area contributed by atoms with Gasteiger partial charge in [0.15, 0.2) is 0 Å². The van der Waals surface area contributed by atoms with E-state index in [1.807, 2.05) is 10.9 Å². The zero-order chi connectivity index (χ0) is 21.5. The second kappa shape index (κ2) is 7.99. The number of nitrogens with zero attached hydrogens (tertiary/aromatic N) is 4. The summed E-state index contributed by atoms with van der Waals surface area (Å²) in [6, 6.07) is 4.79. The Morgan fingerprint density at radius 1 is 1.20 bits per heavy atom. The van der Waals surface area contributed by atoms with Crippen LogP contribution in [0.5, 0.6) is 0 Å². The lowest BCUT2D eigenvalue weighted by Gasteiger charge is -2.21. The van der Waals surface area contributed by atoms with Gasteiger partial charge in [-0.05, 0) is 94.2 Å². The van der Waals surface area contributed by atoms with Crippen LogP contribution in [0.2, 0.25) is 0 Å². The zero-order valence-electron chi connectivity index (χ0n) is 18.3. The number of benzene rings is 1. The van der Waals surface area contributed by atoms with Crippen molar-refractivity contribution in [2.24, 2.45) is 5.92 Å². The summed E-state index contributed by atoms with van der Waals surface area (Å²) in [5.74, 6) is 0.441. The first kappa shape index (κ1) is 20.8. The molecule has 1 saturated carbocycles. The lowest BCUT2D eigenvalue weighted by atomic mass is 9.90. The van der Waals surface area contributed by atoms with Crippen molar-refractivity contribution >= 4 is 0 Å². The van der Waals surface area contributed by atoms with Gasteiger partial charge in [0.2, 0.25) is 0 Å². The van der Waals surface area contributed by atoms with Crippen molar-refractivity contribution in [2.45, 2.75) is 71.6 Å². The number of aromatic nitrogens is 4. The van der Waals surface area contributed by atoms with E-state index in [1.54, 1.807) is 19.9 Å². The Labute approximate surface area is 177 Å². The topological polar surface area (TPSA) is 55.9 Å². The SMILES string of the molecule is CC(C)n1cc(CCc2cnn(CC3CC3)c2)c(-c2ccc(F)cc2C(C)(C)O)n1. The highest BCUT2D eigenvalue weighted by Crippen LogP contribution is 2.34. The molecule has 0 radical (unpaired) electrons. The Hall–Kier alpha value is -2.47. The molecule has 0 bridgehead atoms. The van der Waals surface area contributed by atoms with Gasteiger partial charge in [-0.3, -0.25) is 9.36 Å². The molecule has 0 spiro atoms. The van der Waals surface area contributed by atoms with E-state index in [2.05, 4.69) is 36.0 Å². The van der Waals surface area contributed by atoms with Gasteiger partial charge in [0.1, 0.15) is 5.82 Å². The van der Waals surface area contributed by atoms with Gasteiger partial charge < -0.3 is 5.11 Å². The fourth-order valence-electron chi connectivity index (χ4n) is 3.81. The van der Waals surface area contributed by atoms with Crippen molar-refractivity contribution < 1.29 is 9.50 Å². The highest BCUT2D eigenvalue weighted by Gasteiger charge is 2.25. The smallest absolute Gasteiger partial charge is 0.123 e. The first-order valence-electron chi connectivity index (χ1n) is 10.8. The number of rotatable bonds is 8. The highest BCUT2D eigenvalue weighted by atomic mass is 19.1. The molecule has 1 aliphatic carbocycles. The molecule has 1 aromatic carbocycles. The summed E-state index contributed by atoms with van der Waals surface area (Å²) in [4.78, 5) is 0. The molecule has 0 aliphatic heterocycles. The van der Waals surface area contributed by atoms with Crippen molar-refractivity contribution in [3.63, 3.8) is 0 Å². The van der Waals surface area contributed by atoms with Gasteiger partial charge >= 0.3 is 0 Å². The molecule has 0 atom stereocenters. The molecule has 160 valence electrons. The molecule has 3 aromatic rings. The maximum Gasteiger partial charge on any atom is 0.123 e. The van der Waals surface area contributed by atoms with Gasteiger partial charge in [-0.2, -0.15) is 10.2 Å². The minimum absolute atomic E-state index is 0.213. The average molecular weight is 411 g/mol. The van der Waals surface area contributed by atoms with Gasteiger partial charge in [0.05, 0.1) is 17.5 Å². The molecular formula is C24H31FN4O. The molecule has 0 unspecified atom stereocenters. The van der Waals surface area contributed by atoms with Crippen LogP contribution in [-0.4, -0.2) is 24.7 Å². The van der Waals surface area contributed by atoms with Crippen LogP contribution in [0.25, 0.3) is 11.3 Å². The van der Waals surface area contributed by atoms with Crippen molar-refractivity contribution in [3.8, 4) is 11.3 Å². The monoisotopic (exact) mass is 410 g/mol. The van der Waals surface area contributed by atoms with Crippen molar-refractivity contribution in [1.82, 2.24) is 19.6 Å². The number of hydrogen-bond donors (Lipinski definition) is 1. The molecule has 2 heterocycles. The molecule has 1 N–H and O–H groups in total. The second-order valence-corrected chi connectivity index (χ2v) is 9.34. The van der Waals surface area contributed by atoms with Crippen LogP contribution in [-0.2, 0) is 25.0 Å².